The lowest BCUT2D eigenvalue weighted by Crippen LogP contribution is -2.18. The zero-order valence-electron chi connectivity index (χ0n) is 6.73. The number of benzene rings is 1. The van der Waals surface area contributed by atoms with Crippen molar-refractivity contribution in [1.29, 1.82) is 0 Å². The zero-order chi connectivity index (χ0) is 9.42. The highest BCUT2D eigenvalue weighted by molar-refractivity contribution is 9.10. The molecule has 0 saturated carbocycles. The van der Waals surface area contributed by atoms with Crippen LogP contribution in [-0.4, -0.2) is 4.99 Å². The van der Waals surface area contributed by atoms with Crippen molar-refractivity contribution in [2.75, 3.05) is 5.32 Å². The molecule has 1 heterocycles. The van der Waals surface area contributed by atoms with Gasteiger partial charge in [-0.05, 0) is 24.1 Å². The fraction of sp³-hybridized carbons (Fsp3) is 0.222. The molecule has 1 nitrogen and oxygen atoms in total. The highest BCUT2D eigenvalue weighted by Crippen LogP contribution is 2.29. The molecule has 13 heavy (non-hydrogen) atoms. The van der Waals surface area contributed by atoms with Crippen LogP contribution in [0.5, 0.6) is 0 Å². The van der Waals surface area contributed by atoms with Crippen LogP contribution in [0.2, 0.25) is 0 Å². The molecule has 0 bridgehead atoms. The highest BCUT2D eigenvalue weighted by Gasteiger charge is 2.16. The van der Waals surface area contributed by atoms with Gasteiger partial charge in [-0.15, -0.1) is 0 Å². The quantitative estimate of drug-likeness (QED) is 0.718. The number of anilines is 1. The first-order valence-electron chi connectivity index (χ1n) is 3.94. The van der Waals surface area contributed by atoms with Crippen LogP contribution >= 0.6 is 28.1 Å². The SMILES string of the molecule is Fc1cc(Br)cc2c1NC(=S)CC2. The number of thiocarbonyl (C=S) groups is 1. The largest absolute Gasteiger partial charge is 0.347 e. The van der Waals surface area contributed by atoms with E-state index in [1.807, 2.05) is 6.07 Å². The molecular formula is C9H7BrFNS. The molecule has 0 saturated heterocycles. The Balaban J connectivity index is 2.53. The van der Waals surface area contributed by atoms with Gasteiger partial charge in [0.15, 0.2) is 0 Å². The summed E-state index contributed by atoms with van der Waals surface area (Å²) in [5.41, 5.74) is 1.53. The number of fused-ring (bicyclic) bond motifs is 1. The van der Waals surface area contributed by atoms with Gasteiger partial charge in [-0.1, -0.05) is 28.1 Å². The molecule has 0 aliphatic carbocycles. The maximum atomic E-state index is 13.4. The Labute approximate surface area is 89.5 Å². The number of hydrogen-bond acceptors (Lipinski definition) is 1. The molecule has 0 amide bonds. The number of halogens is 2. The summed E-state index contributed by atoms with van der Waals surface area (Å²) in [6, 6.07) is 3.37. The Morgan fingerprint density at radius 1 is 1.38 bits per heavy atom. The number of aryl methyl sites for hydroxylation is 1. The van der Waals surface area contributed by atoms with E-state index in [1.165, 1.54) is 6.07 Å². The monoisotopic (exact) mass is 259 g/mol. The van der Waals surface area contributed by atoms with Crippen molar-refractivity contribution in [2.24, 2.45) is 0 Å². The fourth-order valence-electron chi connectivity index (χ4n) is 1.41. The number of rotatable bonds is 0. The van der Waals surface area contributed by atoms with Crippen molar-refractivity contribution in [3.8, 4) is 0 Å². The summed E-state index contributed by atoms with van der Waals surface area (Å²) in [4.78, 5) is 0.716. The Morgan fingerprint density at radius 2 is 2.15 bits per heavy atom. The molecule has 0 atom stereocenters. The van der Waals surface area contributed by atoms with Crippen molar-refractivity contribution < 1.29 is 4.39 Å². The lowest BCUT2D eigenvalue weighted by atomic mass is 10.0. The molecule has 0 fully saturated rings. The second-order valence-corrected chi connectivity index (χ2v) is 4.38. The Hall–Kier alpha value is -0.480. The average Bonchev–Trinajstić information content (AvgIpc) is 2.06. The molecule has 0 radical (unpaired) electrons. The van der Waals surface area contributed by atoms with Gasteiger partial charge in [0.05, 0.1) is 10.7 Å². The van der Waals surface area contributed by atoms with Crippen molar-refractivity contribution >= 4 is 38.8 Å². The zero-order valence-corrected chi connectivity index (χ0v) is 9.14. The number of nitrogens with one attached hydrogen (secondary N) is 1. The molecule has 1 aromatic rings. The summed E-state index contributed by atoms with van der Waals surface area (Å²) in [5.74, 6) is -0.244. The molecule has 1 aliphatic heterocycles. The summed E-state index contributed by atoms with van der Waals surface area (Å²) in [7, 11) is 0. The van der Waals surface area contributed by atoms with Gasteiger partial charge in [0.25, 0.3) is 0 Å². The van der Waals surface area contributed by atoms with Crippen molar-refractivity contribution in [2.45, 2.75) is 12.8 Å². The van der Waals surface area contributed by atoms with Gasteiger partial charge in [-0.2, -0.15) is 0 Å². The molecule has 1 aromatic carbocycles. The predicted octanol–water partition coefficient (Wildman–Crippen LogP) is 3.27. The van der Waals surface area contributed by atoms with E-state index in [-0.39, 0.29) is 5.82 Å². The van der Waals surface area contributed by atoms with Gasteiger partial charge in [-0.25, -0.2) is 4.39 Å². The minimum Gasteiger partial charge on any atom is -0.347 e. The Kier molecular flexibility index (Phi) is 2.34. The van der Waals surface area contributed by atoms with Crippen LogP contribution in [0.3, 0.4) is 0 Å². The van der Waals surface area contributed by atoms with E-state index in [1.54, 1.807) is 0 Å². The van der Waals surface area contributed by atoms with Crippen LogP contribution in [0, 0.1) is 5.82 Å². The third-order valence-electron chi connectivity index (χ3n) is 2.02. The maximum absolute atomic E-state index is 13.4. The molecule has 1 aliphatic rings. The Morgan fingerprint density at radius 3 is 2.92 bits per heavy atom. The molecule has 2 rings (SSSR count). The highest BCUT2D eigenvalue weighted by atomic mass is 79.9. The molecular weight excluding hydrogens is 253 g/mol. The van der Waals surface area contributed by atoms with Gasteiger partial charge < -0.3 is 5.32 Å². The van der Waals surface area contributed by atoms with E-state index in [9.17, 15) is 4.39 Å². The second-order valence-electron chi connectivity index (χ2n) is 2.97. The minimum atomic E-state index is -0.244. The van der Waals surface area contributed by atoms with Crippen molar-refractivity contribution in [3.05, 3.63) is 28.0 Å². The first kappa shape index (κ1) is 9.09. The molecule has 68 valence electrons. The first-order chi connectivity index (χ1) is 6.16. The van der Waals surface area contributed by atoms with Crippen LogP contribution in [0.15, 0.2) is 16.6 Å². The third kappa shape index (κ3) is 1.74. The van der Waals surface area contributed by atoms with Gasteiger partial charge in [-0.3, -0.25) is 0 Å². The maximum Gasteiger partial charge on any atom is 0.148 e. The van der Waals surface area contributed by atoms with Crippen LogP contribution < -0.4 is 5.32 Å². The van der Waals surface area contributed by atoms with E-state index in [0.29, 0.717) is 10.7 Å². The smallest absolute Gasteiger partial charge is 0.148 e. The molecule has 4 heteroatoms. The van der Waals surface area contributed by atoms with Crippen LogP contribution in [0.1, 0.15) is 12.0 Å². The standard InChI is InChI=1S/C9H7BrFNS/c10-6-3-5-1-2-8(13)12-9(5)7(11)4-6/h3-4H,1-2H2,(H,12,13). The summed E-state index contributed by atoms with van der Waals surface area (Å²) >= 11 is 8.24. The topological polar surface area (TPSA) is 12.0 Å². The Bertz CT molecular complexity index is 378. The first-order valence-corrected chi connectivity index (χ1v) is 5.15. The van der Waals surface area contributed by atoms with Crippen molar-refractivity contribution in [3.63, 3.8) is 0 Å². The third-order valence-corrected chi connectivity index (χ3v) is 2.79. The summed E-state index contributed by atoms with van der Waals surface area (Å²) < 4.78 is 14.1. The number of hydrogen-bond donors (Lipinski definition) is 1. The normalized spacial score (nSPS) is 15.1. The predicted molar refractivity (Wildman–Crippen MR) is 58.6 cm³/mol. The fourth-order valence-corrected chi connectivity index (χ4v) is 2.10. The van der Waals surface area contributed by atoms with E-state index in [0.717, 1.165) is 22.9 Å². The van der Waals surface area contributed by atoms with Crippen LogP contribution in [0.4, 0.5) is 10.1 Å². The van der Waals surface area contributed by atoms with E-state index >= 15 is 0 Å². The van der Waals surface area contributed by atoms with Gasteiger partial charge in [0, 0.05) is 10.9 Å². The van der Waals surface area contributed by atoms with Crippen LogP contribution in [0.25, 0.3) is 0 Å². The summed E-state index contributed by atoms with van der Waals surface area (Å²) in [5, 5.41) is 2.89. The molecule has 0 spiro atoms. The minimum absolute atomic E-state index is 0.244. The van der Waals surface area contributed by atoms with E-state index in [2.05, 4.69) is 21.2 Å². The second kappa shape index (κ2) is 3.35. The van der Waals surface area contributed by atoms with Crippen molar-refractivity contribution in [1.82, 2.24) is 0 Å². The molecule has 0 aromatic heterocycles. The van der Waals surface area contributed by atoms with Gasteiger partial charge >= 0.3 is 0 Å². The summed E-state index contributed by atoms with van der Waals surface area (Å²) in [6.45, 7) is 0. The van der Waals surface area contributed by atoms with E-state index in [4.69, 9.17) is 12.2 Å². The van der Waals surface area contributed by atoms with Gasteiger partial charge in [0.1, 0.15) is 5.82 Å². The molecule has 1 N–H and O–H groups in total. The lowest BCUT2D eigenvalue weighted by molar-refractivity contribution is 0.628. The summed E-state index contributed by atoms with van der Waals surface area (Å²) in [6.07, 6.45) is 1.62. The van der Waals surface area contributed by atoms with Crippen LogP contribution in [-0.2, 0) is 6.42 Å². The lowest BCUT2D eigenvalue weighted by Gasteiger charge is -2.19. The van der Waals surface area contributed by atoms with Gasteiger partial charge in [0.2, 0.25) is 0 Å². The molecule has 0 unspecified atom stereocenters. The van der Waals surface area contributed by atoms with E-state index < -0.39 is 0 Å². The average molecular weight is 260 g/mol.